The molecule has 1 saturated heterocycles. The van der Waals surface area contributed by atoms with E-state index in [9.17, 15) is 18.4 Å². The predicted molar refractivity (Wildman–Crippen MR) is 157 cm³/mol. The van der Waals surface area contributed by atoms with E-state index in [0.29, 0.717) is 13.1 Å². The van der Waals surface area contributed by atoms with E-state index >= 15 is 0 Å². The van der Waals surface area contributed by atoms with Gasteiger partial charge in [0.1, 0.15) is 17.5 Å². The van der Waals surface area contributed by atoms with E-state index < -0.39 is 29.4 Å². The summed E-state index contributed by atoms with van der Waals surface area (Å²) in [5, 5.41) is 2.92. The number of ether oxygens (including phenoxy) is 2. The first-order chi connectivity index (χ1) is 19.6. The molecule has 0 saturated carbocycles. The molecule has 224 valence electrons. The van der Waals surface area contributed by atoms with Crippen LogP contribution >= 0.6 is 0 Å². The Labute approximate surface area is 243 Å². The number of carbonyl (C=O) groups is 2. The second-order valence-corrected chi connectivity index (χ2v) is 11.1. The fourth-order valence-electron chi connectivity index (χ4n) is 4.83. The Bertz CT molecular complexity index is 1170. The lowest BCUT2D eigenvalue weighted by atomic mass is 10.0. The van der Waals surface area contributed by atoms with Crippen LogP contribution in [0.2, 0.25) is 0 Å². The highest BCUT2D eigenvalue weighted by molar-refractivity contribution is 6.16. The number of anilines is 1. The molecule has 0 aromatic heterocycles. The number of rotatable bonds is 16. The molecule has 2 aromatic carbocycles. The molecule has 1 fully saturated rings. The zero-order valence-electron chi connectivity index (χ0n) is 24.9. The number of nitrogens with one attached hydrogen (secondary N) is 1. The summed E-state index contributed by atoms with van der Waals surface area (Å²) < 4.78 is 39.3. The molecule has 0 atom stereocenters. The van der Waals surface area contributed by atoms with Crippen LogP contribution in [0.3, 0.4) is 0 Å². The summed E-state index contributed by atoms with van der Waals surface area (Å²) in [6, 6.07) is 11.4. The van der Waals surface area contributed by atoms with Crippen LogP contribution in [0, 0.1) is 11.6 Å². The summed E-state index contributed by atoms with van der Waals surface area (Å²) in [6.45, 7) is 8.12. The number of unbranched alkanes of at least 4 members (excludes halogenated alkanes) is 7. The molecule has 6 nitrogen and oxygen atoms in total. The number of halogens is 2. The number of benzene rings is 2. The first-order valence-corrected chi connectivity index (χ1v) is 14.9. The lowest BCUT2D eigenvalue weighted by Gasteiger charge is -2.34. The molecule has 0 radical (unpaired) electrons. The van der Waals surface area contributed by atoms with Gasteiger partial charge >= 0.3 is 11.9 Å². The molecule has 0 spiro atoms. The van der Waals surface area contributed by atoms with Gasteiger partial charge in [0.05, 0.1) is 5.69 Å². The number of cyclic esters (lactones) is 2. The summed E-state index contributed by atoms with van der Waals surface area (Å²) >= 11 is 0. The molecule has 0 bridgehead atoms. The topological polar surface area (TPSA) is 67.9 Å². The molecule has 0 unspecified atom stereocenters. The van der Waals surface area contributed by atoms with Crippen molar-refractivity contribution in [2.75, 3.05) is 11.9 Å². The number of hydrogen-bond donors (Lipinski definition) is 1. The van der Waals surface area contributed by atoms with E-state index in [0.717, 1.165) is 62.6 Å². The Hall–Kier alpha value is -3.42. The van der Waals surface area contributed by atoms with Gasteiger partial charge in [-0.3, -0.25) is 0 Å². The van der Waals surface area contributed by atoms with Gasteiger partial charge in [0, 0.05) is 33.0 Å². The van der Waals surface area contributed by atoms with Crippen molar-refractivity contribution in [3.63, 3.8) is 0 Å². The lowest BCUT2D eigenvalue weighted by molar-refractivity contribution is -0.222. The van der Waals surface area contributed by atoms with Crippen LogP contribution in [0.5, 0.6) is 0 Å². The minimum atomic E-state index is -1.43. The van der Waals surface area contributed by atoms with Gasteiger partial charge in [0.2, 0.25) is 0 Å². The van der Waals surface area contributed by atoms with Crippen LogP contribution in [0.25, 0.3) is 0 Å². The van der Waals surface area contributed by atoms with Crippen molar-refractivity contribution < 1.29 is 27.8 Å². The van der Waals surface area contributed by atoms with Crippen molar-refractivity contribution in [3.05, 3.63) is 76.6 Å². The third-order valence-electron chi connectivity index (χ3n) is 7.07. The molecule has 1 heterocycles. The van der Waals surface area contributed by atoms with Gasteiger partial charge in [-0.2, -0.15) is 0 Å². The third kappa shape index (κ3) is 9.87. The average Bonchev–Trinajstić information content (AvgIpc) is 2.91. The van der Waals surface area contributed by atoms with E-state index in [1.165, 1.54) is 44.7 Å². The maximum Gasteiger partial charge on any atom is 0.352 e. The van der Waals surface area contributed by atoms with E-state index in [-0.39, 0.29) is 17.1 Å². The molecule has 1 N–H and O–H groups in total. The highest BCUT2D eigenvalue weighted by atomic mass is 19.1. The van der Waals surface area contributed by atoms with Gasteiger partial charge in [0.25, 0.3) is 5.79 Å². The Morgan fingerprint density at radius 2 is 1.39 bits per heavy atom. The van der Waals surface area contributed by atoms with E-state index in [1.54, 1.807) is 0 Å². The zero-order chi connectivity index (χ0) is 29.8. The number of esters is 2. The van der Waals surface area contributed by atoms with Crippen LogP contribution in [0.4, 0.5) is 14.5 Å². The van der Waals surface area contributed by atoms with E-state index in [2.05, 4.69) is 31.3 Å². The van der Waals surface area contributed by atoms with Gasteiger partial charge < -0.3 is 19.7 Å². The van der Waals surface area contributed by atoms with Crippen LogP contribution < -0.4 is 5.32 Å². The van der Waals surface area contributed by atoms with Gasteiger partial charge in [-0.25, -0.2) is 18.4 Å². The molecule has 41 heavy (non-hydrogen) atoms. The zero-order valence-corrected chi connectivity index (χ0v) is 24.9. The molecular formula is C33H44F2N2O4. The lowest BCUT2D eigenvalue weighted by Crippen LogP contribution is -2.44. The van der Waals surface area contributed by atoms with Gasteiger partial charge in [-0.05, 0) is 42.5 Å². The van der Waals surface area contributed by atoms with Crippen molar-refractivity contribution in [1.82, 2.24) is 4.90 Å². The van der Waals surface area contributed by atoms with Crippen molar-refractivity contribution in [2.45, 2.75) is 104 Å². The maximum atomic E-state index is 14.8. The summed E-state index contributed by atoms with van der Waals surface area (Å²) in [6.07, 6.45) is 10.8. The molecular weight excluding hydrogens is 526 g/mol. The number of nitrogens with zero attached hydrogens (tertiary/aromatic N) is 1. The van der Waals surface area contributed by atoms with Crippen LogP contribution in [0.15, 0.2) is 53.9 Å². The third-order valence-corrected chi connectivity index (χ3v) is 7.07. The molecule has 0 aliphatic carbocycles. The fraction of sp³-hybridized carbons (Fsp3) is 0.515. The SMILES string of the molecule is CCCCCCCN(Cc1ccc(CCCCCC)cc1)C(Nc1ccc(F)cc1F)=C1C(=O)OC(C)(C)OC1=O. The van der Waals surface area contributed by atoms with Crippen LogP contribution in [0.1, 0.15) is 96.6 Å². The second kappa shape index (κ2) is 15.5. The Kier molecular flexibility index (Phi) is 12.2. The molecule has 1 aliphatic heterocycles. The molecule has 2 aromatic rings. The standard InChI is InChI=1S/C33H44F2N2O4/c1-5-7-9-11-13-21-37(23-25-17-15-24(16-18-25)14-12-10-8-6-2)30(36-28-20-19-26(34)22-27(28)35)29-31(38)40-33(3,4)41-32(29)39/h15-20,22,36H,5-14,21,23H2,1-4H3. The summed E-state index contributed by atoms with van der Waals surface area (Å²) in [5.41, 5.74) is 1.79. The first kappa shape index (κ1) is 32.1. The van der Waals surface area contributed by atoms with Crippen molar-refractivity contribution >= 4 is 17.6 Å². The van der Waals surface area contributed by atoms with E-state index in [1.807, 2.05) is 17.0 Å². The number of hydrogen-bond acceptors (Lipinski definition) is 6. The largest absolute Gasteiger partial charge is 0.419 e. The van der Waals surface area contributed by atoms with Crippen molar-refractivity contribution in [2.24, 2.45) is 0 Å². The monoisotopic (exact) mass is 570 g/mol. The molecule has 1 aliphatic rings. The maximum absolute atomic E-state index is 14.8. The second-order valence-electron chi connectivity index (χ2n) is 11.1. The Balaban J connectivity index is 1.96. The number of carbonyl (C=O) groups excluding carboxylic acids is 2. The quantitative estimate of drug-likeness (QED) is 0.0954. The smallest absolute Gasteiger partial charge is 0.352 e. The first-order valence-electron chi connectivity index (χ1n) is 14.9. The van der Waals surface area contributed by atoms with Gasteiger partial charge in [-0.1, -0.05) is 83.1 Å². The van der Waals surface area contributed by atoms with Crippen molar-refractivity contribution in [1.29, 1.82) is 0 Å². The molecule has 8 heteroatoms. The summed E-state index contributed by atoms with van der Waals surface area (Å²) in [7, 11) is 0. The van der Waals surface area contributed by atoms with Crippen LogP contribution in [-0.2, 0) is 32.0 Å². The normalized spacial score (nSPS) is 14.4. The van der Waals surface area contributed by atoms with Gasteiger partial charge in [-0.15, -0.1) is 0 Å². The van der Waals surface area contributed by atoms with Crippen molar-refractivity contribution in [3.8, 4) is 0 Å². The Morgan fingerprint density at radius 3 is 2.00 bits per heavy atom. The summed E-state index contributed by atoms with van der Waals surface area (Å²) in [5.74, 6) is -4.68. The van der Waals surface area contributed by atoms with E-state index in [4.69, 9.17) is 9.47 Å². The minimum Gasteiger partial charge on any atom is -0.419 e. The molecule has 0 amide bonds. The Morgan fingerprint density at radius 1 is 0.805 bits per heavy atom. The molecule has 3 rings (SSSR count). The van der Waals surface area contributed by atoms with Gasteiger partial charge in [0.15, 0.2) is 5.57 Å². The highest BCUT2D eigenvalue weighted by Crippen LogP contribution is 2.29. The highest BCUT2D eigenvalue weighted by Gasteiger charge is 2.42. The fourth-order valence-corrected chi connectivity index (χ4v) is 4.83. The average molecular weight is 571 g/mol. The number of aryl methyl sites for hydroxylation is 1. The van der Waals surface area contributed by atoms with Crippen LogP contribution in [-0.4, -0.2) is 29.2 Å². The minimum absolute atomic E-state index is 0.0696. The summed E-state index contributed by atoms with van der Waals surface area (Å²) in [4.78, 5) is 28.2. The predicted octanol–water partition coefficient (Wildman–Crippen LogP) is 8.02.